The number of ether oxygens (including phenoxy) is 1. The van der Waals surface area contributed by atoms with Crippen molar-refractivity contribution in [1.82, 2.24) is 5.32 Å². The van der Waals surface area contributed by atoms with E-state index < -0.39 is 29.7 Å². The van der Waals surface area contributed by atoms with Gasteiger partial charge in [-0.1, -0.05) is 0 Å². The van der Waals surface area contributed by atoms with Crippen molar-refractivity contribution in [3.63, 3.8) is 0 Å². The molecule has 0 aromatic rings. The summed E-state index contributed by atoms with van der Waals surface area (Å²) in [5, 5.41) is 1.81. The van der Waals surface area contributed by atoms with Crippen molar-refractivity contribution in [2.75, 3.05) is 0 Å². The molecular weight excluding hydrogens is 227 g/mol. The minimum Gasteiger partial charge on any atom is -0.444 e. The summed E-state index contributed by atoms with van der Waals surface area (Å²) in [4.78, 5) is 21.7. The van der Waals surface area contributed by atoms with Crippen LogP contribution in [0.4, 0.5) is 18.0 Å². The van der Waals surface area contributed by atoms with Crippen molar-refractivity contribution in [2.45, 2.75) is 45.5 Å². The van der Waals surface area contributed by atoms with E-state index in [4.69, 9.17) is 4.74 Å². The number of carbonyl (C=O) groups is 2. The summed E-state index contributed by atoms with van der Waals surface area (Å²) in [5.74, 6) is -2.02. The van der Waals surface area contributed by atoms with Gasteiger partial charge >= 0.3 is 12.3 Å². The first-order chi connectivity index (χ1) is 6.93. The molecule has 1 atom stereocenters. The number of rotatable bonds is 2. The standard InChI is InChI=1S/C9H14F3NO3/c1-5(6(14)9(10,11)12)13-7(15)16-8(2,3)4/h5H,1-4H3,(H,13,15). The molecule has 7 heteroatoms. The molecule has 0 aliphatic heterocycles. The molecule has 16 heavy (non-hydrogen) atoms. The molecule has 1 N–H and O–H groups in total. The first-order valence-corrected chi connectivity index (χ1v) is 4.54. The molecule has 0 fully saturated rings. The molecule has 4 nitrogen and oxygen atoms in total. The van der Waals surface area contributed by atoms with Crippen molar-refractivity contribution in [1.29, 1.82) is 0 Å². The third-order valence-electron chi connectivity index (χ3n) is 1.41. The van der Waals surface area contributed by atoms with Gasteiger partial charge in [-0.2, -0.15) is 13.2 Å². The Kier molecular flexibility index (Phi) is 4.34. The summed E-state index contributed by atoms with van der Waals surface area (Å²) in [5.41, 5.74) is -0.828. The normalized spacial score (nSPS) is 14.2. The van der Waals surface area contributed by atoms with Gasteiger partial charge < -0.3 is 10.1 Å². The van der Waals surface area contributed by atoms with Gasteiger partial charge in [0.05, 0.1) is 6.04 Å². The van der Waals surface area contributed by atoms with Crippen LogP contribution in [0, 0.1) is 0 Å². The zero-order valence-corrected chi connectivity index (χ0v) is 9.44. The Hall–Kier alpha value is -1.27. The van der Waals surface area contributed by atoms with Crippen molar-refractivity contribution in [2.24, 2.45) is 0 Å². The first kappa shape index (κ1) is 14.7. The molecule has 1 amide bonds. The number of amides is 1. The van der Waals surface area contributed by atoms with Gasteiger partial charge in [0.15, 0.2) is 0 Å². The van der Waals surface area contributed by atoms with Crippen LogP contribution in [0.3, 0.4) is 0 Å². The molecule has 0 rings (SSSR count). The monoisotopic (exact) mass is 241 g/mol. The van der Waals surface area contributed by atoms with Gasteiger partial charge in [0.2, 0.25) is 0 Å². The fraction of sp³-hybridized carbons (Fsp3) is 0.778. The first-order valence-electron chi connectivity index (χ1n) is 4.54. The summed E-state index contributed by atoms with van der Waals surface area (Å²) >= 11 is 0. The van der Waals surface area contributed by atoms with Gasteiger partial charge in [0.1, 0.15) is 5.60 Å². The van der Waals surface area contributed by atoms with Gasteiger partial charge in [0.25, 0.3) is 5.78 Å². The summed E-state index contributed by atoms with van der Waals surface area (Å²) in [6, 6.07) is -1.66. The van der Waals surface area contributed by atoms with E-state index in [0.29, 0.717) is 0 Å². The van der Waals surface area contributed by atoms with Crippen LogP contribution in [-0.4, -0.2) is 29.7 Å². The van der Waals surface area contributed by atoms with Gasteiger partial charge in [-0.3, -0.25) is 4.79 Å². The third kappa shape index (κ3) is 5.57. The molecule has 94 valence electrons. The number of Topliss-reactive ketones (excluding diaryl/α,β-unsaturated/α-hetero) is 1. The van der Waals surface area contributed by atoms with Gasteiger partial charge in [0, 0.05) is 0 Å². The van der Waals surface area contributed by atoms with E-state index in [1.807, 2.05) is 5.32 Å². The Balaban J connectivity index is 4.32. The lowest BCUT2D eigenvalue weighted by Gasteiger charge is -2.21. The van der Waals surface area contributed by atoms with E-state index in [1.165, 1.54) is 0 Å². The smallest absolute Gasteiger partial charge is 0.444 e. The predicted molar refractivity (Wildman–Crippen MR) is 49.9 cm³/mol. The SMILES string of the molecule is CC(NC(=O)OC(C)(C)C)C(=O)C(F)(F)F. The molecular formula is C9H14F3NO3. The summed E-state index contributed by atoms with van der Waals surface area (Å²) in [7, 11) is 0. The fourth-order valence-electron chi connectivity index (χ4n) is 0.795. The van der Waals surface area contributed by atoms with Crippen LogP contribution in [0.25, 0.3) is 0 Å². The second-order valence-electron chi connectivity index (χ2n) is 4.23. The van der Waals surface area contributed by atoms with E-state index in [1.54, 1.807) is 20.8 Å². The van der Waals surface area contributed by atoms with Crippen LogP contribution in [0.15, 0.2) is 0 Å². The number of alkyl halides is 3. The van der Waals surface area contributed by atoms with E-state index in [-0.39, 0.29) is 0 Å². The molecule has 0 saturated heterocycles. The average Bonchev–Trinajstić information content (AvgIpc) is 1.96. The highest BCUT2D eigenvalue weighted by Gasteiger charge is 2.42. The Bertz CT molecular complexity index is 281. The number of ketones is 1. The second kappa shape index (κ2) is 4.71. The van der Waals surface area contributed by atoms with Gasteiger partial charge in [-0.15, -0.1) is 0 Å². The quantitative estimate of drug-likeness (QED) is 0.804. The van der Waals surface area contributed by atoms with Crippen LogP contribution in [0.1, 0.15) is 27.7 Å². The zero-order chi connectivity index (χ0) is 13.1. The van der Waals surface area contributed by atoms with Crippen LogP contribution in [-0.2, 0) is 9.53 Å². The molecule has 0 aromatic heterocycles. The van der Waals surface area contributed by atoms with Gasteiger partial charge in [-0.05, 0) is 27.7 Å². The van der Waals surface area contributed by atoms with Crippen LogP contribution in [0.2, 0.25) is 0 Å². The topological polar surface area (TPSA) is 55.4 Å². The minimum atomic E-state index is -4.96. The number of alkyl carbamates (subject to hydrolysis) is 1. The number of hydrogen-bond donors (Lipinski definition) is 1. The molecule has 0 bridgehead atoms. The molecule has 0 saturated carbocycles. The molecule has 0 aliphatic carbocycles. The highest BCUT2D eigenvalue weighted by atomic mass is 19.4. The lowest BCUT2D eigenvalue weighted by atomic mass is 10.2. The van der Waals surface area contributed by atoms with Crippen LogP contribution >= 0.6 is 0 Å². The maximum atomic E-state index is 11.9. The molecule has 0 radical (unpaired) electrons. The molecule has 0 aromatic carbocycles. The largest absolute Gasteiger partial charge is 0.452 e. The lowest BCUT2D eigenvalue weighted by Crippen LogP contribution is -2.46. The minimum absolute atomic E-state index is 0.828. The van der Waals surface area contributed by atoms with Crippen molar-refractivity contribution in [3.8, 4) is 0 Å². The number of halogens is 3. The number of nitrogens with one attached hydrogen (secondary N) is 1. The Morgan fingerprint density at radius 3 is 1.94 bits per heavy atom. The lowest BCUT2D eigenvalue weighted by molar-refractivity contribution is -0.172. The van der Waals surface area contributed by atoms with Crippen molar-refractivity contribution >= 4 is 11.9 Å². The van der Waals surface area contributed by atoms with E-state index in [0.717, 1.165) is 6.92 Å². The maximum Gasteiger partial charge on any atom is 0.452 e. The Morgan fingerprint density at radius 1 is 1.19 bits per heavy atom. The van der Waals surface area contributed by atoms with Crippen molar-refractivity contribution < 1.29 is 27.5 Å². The van der Waals surface area contributed by atoms with E-state index in [2.05, 4.69) is 0 Å². The Morgan fingerprint density at radius 2 is 1.62 bits per heavy atom. The Labute approximate surface area is 91.1 Å². The molecule has 1 unspecified atom stereocenters. The van der Waals surface area contributed by atoms with Crippen LogP contribution in [0.5, 0.6) is 0 Å². The molecule has 0 aliphatic rings. The highest BCUT2D eigenvalue weighted by Crippen LogP contribution is 2.18. The second-order valence-corrected chi connectivity index (χ2v) is 4.23. The van der Waals surface area contributed by atoms with E-state index in [9.17, 15) is 22.8 Å². The highest BCUT2D eigenvalue weighted by molar-refractivity contribution is 5.91. The maximum absolute atomic E-state index is 11.9. The number of hydrogen-bond acceptors (Lipinski definition) is 3. The zero-order valence-electron chi connectivity index (χ0n) is 9.44. The summed E-state index contributed by atoms with van der Waals surface area (Å²) in [6.07, 6.45) is -6.02. The third-order valence-corrected chi connectivity index (χ3v) is 1.41. The molecule has 0 heterocycles. The van der Waals surface area contributed by atoms with Crippen LogP contribution < -0.4 is 5.32 Å². The number of carbonyl (C=O) groups excluding carboxylic acids is 2. The van der Waals surface area contributed by atoms with E-state index >= 15 is 0 Å². The average molecular weight is 241 g/mol. The summed E-state index contributed by atoms with van der Waals surface area (Å²) in [6.45, 7) is 5.62. The molecule has 0 spiro atoms. The van der Waals surface area contributed by atoms with Gasteiger partial charge in [-0.25, -0.2) is 4.79 Å². The summed E-state index contributed by atoms with van der Waals surface area (Å²) < 4.78 is 40.5. The van der Waals surface area contributed by atoms with Crippen molar-refractivity contribution in [3.05, 3.63) is 0 Å². The predicted octanol–water partition coefficient (Wildman–Crippen LogP) is 2.03. The fourth-order valence-corrected chi connectivity index (χ4v) is 0.795.